The molecule has 0 unspecified atom stereocenters. The standard InChI is InChI=1S/C32H38N2O6S2.C4H4O4/c1-35-25-15-21(16-26(36-2)31(25)39-5)29-9-7-23(41-29)19-33-11-13-34(14-12-33)20-24-8-10-30(42-24)22-17-27(37-3)32(40-6)28(18-22)38-4;5-3(6)1-2-4(7)8/h7-10,15-18H,11-14,19-20H2,1-6H3;1-2H,(H,5,6)(H,7,8)/b;2-1-. The number of hydrogen-bond donors (Lipinski definition) is 2. The van der Waals surface area contributed by atoms with Gasteiger partial charge < -0.3 is 38.6 Å². The first-order valence-corrected chi connectivity index (χ1v) is 17.1. The molecule has 2 N–H and O–H groups in total. The molecule has 14 heteroatoms. The third-order valence-electron chi connectivity index (χ3n) is 7.81. The van der Waals surface area contributed by atoms with Crippen molar-refractivity contribution in [3.05, 3.63) is 70.4 Å². The van der Waals surface area contributed by atoms with Crippen LogP contribution in [0.5, 0.6) is 34.5 Å². The molecular formula is C36H42N2O10S2. The number of rotatable bonds is 14. The van der Waals surface area contributed by atoms with Gasteiger partial charge in [-0.05, 0) is 59.7 Å². The van der Waals surface area contributed by atoms with Crippen molar-refractivity contribution in [2.24, 2.45) is 0 Å². The van der Waals surface area contributed by atoms with Crippen molar-refractivity contribution in [1.82, 2.24) is 9.80 Å². The van der Waals surface area contributed by atoms with Crippen LogP contribution in [0.3, 0.4) is 0 Å². The zero-order valence-electron chi connectivity index (χ0n) is 28.9. The number of nitrogens with zero attached hydrogens (tertiary/aromatic N) is 2. The Bertz CT molecular complexity index is 1600. The van der Waals surface area contributed by atoms with E-state index in [0.29, 0.717) is 46.6 Å². The van der Waals surface area contributed by atoms with Crippen molar-refractivity contribution in [1.29, 1.82) is 0 Å². The van der Waals surface area contributed by atoms with Gasteiger partial charge >= 0.3 is 11.9 Å². The molecule has 1 aliphatic heterocycles. The average Bonchev–Trinajstić information content (AvgIpc) is 3.80. The van der Waals surface area contributed by atoms with Crippen LogP contribution >= 0.6 is 22.7 Å². The smallest absolute Gasteiger partial charge is 0.328 e. The molecule has 0 saturated carbocycles. The number of carboxylic acids is 2. The quantitative estimate of drug-likeness (QED) is 0.143. The van der Waals surface area contributed by atoms with Crippen LogP contribution in [0.1, 0.15) is 9.75 Å². The normalized spacial score (nSPS) is 13.3. The highest BCUT2D eigenvalue weighted by molar-refractivity contribution is 7.15. The van der Waals surface area contributed by atoms with Crippen LogP contribution in [0, 0.1) is 0 Å². The first-order valence-electron chi connectivity index (χ1n) is 15.5. The second-order valence-electron chi connectivity index (χ2n) is 10.9. The van der Waals surface area contributed by atoms with Gasteiger partial charge in [0.15, 0.2) is 23.0 Å². The molecule has 2 aromatic heterocycles. The lowest BCUT2D eigenvalue weighted by Gasteiger charge is -2.34. The summed E-state index contributed by atoms with van der Waals surface area (Å²) in [7, 11) is 9.83. The van der Waals surface area contributed by atoms with E-state index in [2.05, 4.69) is 34.1 Å². The van der Waals surface area contributed by atoms with Gasteiger partial charge in [-0.3, -0.25) is 9.80 Å². The Balaban J connectivity index is 0.000000627. The van der Waals surface area contributed by atoms with E-state index in [1.807, 2.05) is 46.9 Å². The van der Waals surface area contributed by atoms with Gasteiger partial charge in [0.25, 0.3) is 0 Å². The number of thiophene rings is 2. The van der Waals surface area contributed by atoms with Crippen LogP contribution in [0.4, 0.5) is 0 Å². The van der Waals surface area contributed by atoms with E-state index in [9.17, 15) is 9.59 Å². The SMILES string of the molecule is COc1cc(-c2ccc(CN3CCN(Cc4ccc(-c5cc(OC)c(OC)c(OC)c5)s4)CC3)s2)cc(OC)c1OC.O=C(O)/C=C\C(=O)O. The van der Waals surface area contributed by atoms with E-state index in [1.165, 1.54) is 19.5 Å². The number of hydrogen-bond acceptors (Lipinski definition) is 12. The van der Waals surface area contributed by atoms with Gasteiger partial charge in [-0.2, -0.15) is 0 Å². The van der Waals surface area contributed by atoms with Crippen LogP contribution in [-0.4, -0.2) is 101 Å². The summed E-state index contributed by atoms with van der Waals surface area (Å²) in [4.78, 5) is 29.2. The summed E-state index contributed by atoms with van der Waals surface area (Å²) in [5.74, 6) is 1.37. The minimum Gasteiger partial charge on any atom is -0.493 e. The fraction of sp³-hybridized carbons (Fsp3) is 0.333. The molecule has 1 fully saturated rings. The fourth-order valence-corrected chi connectivity index (χ4v) is 7.45. The van der Waals surface area contributed by atoms with Crippen LogP contribution in [0.15, 0.2) is 60.7 Å². The van der Waals surface area contributed by atoms with Crippen molar-refractivity contribution in [3.63, 3.8) is 0 Å². The second kappa shape index (κ2) is 18.3. The van der Waals surface area contributed by atoms with Crippen LogP contribution < -0.4 is 28.4 Å². The number of carbonyl (C=O) groups is 2. The highest BCUT2D eigenvalue weighted by Crippen LogP contribution is 2.44. The van der Waals surface area contributed by atoms with E-state index in [4.69, 9.17) is 38.6 Å². The molecule has 0 atom stereocenters. The molecule has 50 heavy (non-hydrogen) atoms. The molecule has 0 spiro atoms. The Morgan fingerprint density at radius 2 is 0.900 bits per heavy atom. The Morgan fingerprint density at radius 3 is 1.16 bits per heavy atom. The van der Waals surface area contributed by atoms with Crippen molar-refractivity contribution in [3.8, 4) is 55.4 Å². The van der Waals surface area contributed by atoms with Crippen molar-refractivity contribution < 1.29 is 48.2 Å². The van der Waals surface area contributed by atoms with Gasteiger partial charge in [0.05, 0.1) is 42.7 Å². The topological polar surface area (TPSA) is 136 Å². The molecule has 3 heterocycles. The molecule has 1 saturated heterocycles. The monoisotopic (exact) mass is 726 g/mol. The average molecular weight is 727 g/mol. The maximum Gasteiger partial charge on any atom is 0.328 e. The molecule has 268 valence electrons. The molecule has 0 amide bonds. The summed E-state index contributed by atoms with van der Waals surface area (Å²) in [5, 5.41) is 15.6. The molecule has 2 aromatic carbocycles. The Kier molecular flexibility index (Phi) is 13.9. The van der Waals surface area contributed by atoms with Crippen LogP contribution in [-0.2, 0) is 22.7 Å². The van der Waals surface area contributed by atoms with Crippen LogP contribution in [0.2, 0.25) is 0 Å². The molecule has 12 nitrogen and oxygen atoms in total. The maximum atomic E-state index is 9.55. The third-order valence-corrected chi connectivity index (χ3v) is 10.1. The van der Waals surface area contributed by atoms with Gasteiger partial charge in [-0.25, -0.2) is 9.59 Å². The van der Waals surface area contributed by atoms with E-state index >= 15 is 0 Å². The highest BCUT2D eigenvalue weighted by atomic mass is 32.1. The summed E-state index contributed by atoms with van der Waals surface area (Å²) in [6, 6.07) is 16.8. The summed E-state index contributed by atoms with van der Waals surface area (Å²) in [6.45, 7) is 6.08. The third kappa shape index (κ3) is 9.91. The number of carboxylic acid groups (broad SMARTS) is 2. The van der Waals surface area contributed by atoms with Gasteiger partial charge in [-0.1, -0.05) is 0 Å². The van der Waals surface area contributed by atoms with E-state index < -0.39 is 11.9 Å². The van der Waals surface area contributed by atoms with E-state index in [-0.39, 0.29) is 0 Å². The number of benzene rings is 2. The van der Waals surface area contributed by atoms with Crippen molar-refractivity contribution in [2.45, 2.75) is 13.1 Å². The molecule has 0 radical (unpaired) electrons. The first kappa shape index (κ1) is 38.0. The van der Waals surface area contributed by atoms with Gasteiger partial charge in [-0.15, -0.1) is 22.7 Å². The zero-order valence-corrected chi connectivity index (χ0v) is 30.5. The van der Waals surface area contributed by atoms with E-state index in [1.54, 1.807) is 42.7 Å². The lowest BCUT2D eigenvalue weighted by atomic mass is 10.1. The number of ether oxygens (including phenoxy) is 6. The van der Waals surface area contributed by atoms with E-state index in [0.717, 1.165) is 50.4 Å². The maximum absolute atomic E-state index is 9.55. The Labute approximate surface area is 299 Å². The van der Waals surface area contributed by atoms with Gasteiger partial charge in [0.2, 0.25) is 11.5 Å². The summed E-state index contributed by atoms with van der Waals surface area (Å²) in [5.41, 5.74) is 2.12. The molecular weight excluding hydrogens is 685 g/mol. The number of aliphatic carboxylic acids is 2. The number of methoxy groups -OCH3 is 6. The predicted molar refractivity (Wildman–Crippen MR) is 194 cm³/mol. The van der Waals surface area contributed by atoms with Crippen molar-refractivity contribution in [2.75, 3.05) is 68.8 Å². The summed E-state index contributed by atoms with van der Waals surface area (Å²) >= 11 is 3.62. The largest absolute Gasteiger partial charge is 0.493 e. The van der Waals surface area contributed by atoms with Crippen LogP contribution in [0.25, 0.3) is 20.9 Å². The molecule has 0 bridgehead atoms. The lowest BCUT2D eigenvalue weighted by Crippen LogP contribution is -2.45. The number of piperazine rings is 1. The molecule has 0 aliphatic carbocycles. The minimum atomic E-state index is -1.26. The van der Waals surface area contributed by atoms with Gasteiger partial charge in [0, 0.05) is 70.9 Å². The van der Waals surface area contributed by atoms with Gasteiger partial charge in [0.1, 0.15) is 0 Å². The predicted octanol–water partition coefficient (Wildman–Crippen LogP) is 6.22. The molecule has 5 rings (SSSR count). The lowest BCUT2D eigenvalue weighted by molar-refractivity contribution is -0.134. The second-order valence-corrected chi connectivity index (χ2v) is 13.3. The molecule has 4 aromatic rings. The first-order chi connectivity index (χ1) is 24.1. The molecule has 1 aliphatic rings. The fourth-order valence-electron chi connectivity index (χ4n) is 5.37. The van der Waals surface area contributed by atoms with Crippen molar-refractivity contribution >= 4 is 34.6 Å². The summed E-state index contributed by atoms with van der Waals surface area (Å²) in [6.07, 6.45) is 1.12. The highest BCUT2D eigenvalue weighted by Gasteiger charge is 2.21. The Morgan fingerprint density at radius 1 is 0.580 bits per heavy atom. The Hall–Kier alpha value is -4.76. The summed E-state index contributed by atoms with van der Waals surface area (Å²) < 4.78 is 33.1. The minimum absolute atomic E-state index is 0.558. The zero-order chi connectivity index (χ0) is 36.2.